The average molecular weight is 442 g/mol. The number of hydrogen-bond acceptors (Lipinski definition) is 5. The third-order valence-corrected chi connectivity index (χ3v) is 6.84. The molecule has 4 aromatic rings. The highest BCUT2D eigenvalue weighted by Crippen LogP contribution is 2.43. The van der Waals surface area contributed by atoms with Gasteiger partial charge in [0.25, 0.3) is 0 Å². The Morgan fingerprint density at radius 3 is 2.39 bits per heavy atom. The highest BCUT2D eigenvalue weighted by Gasteiger charge is 2.33. The number of rotatable bonds is 4. The van der Waals surface area contributed by atoms with Crippen molar-refractivity contribution in [3.05, 3.63) is 60.9 Å². The molecule has 6 heteroatoms. The molecule has 1 aliphatic rings. The van der Waals surface area contributed by atoms with Crippen molar-refractivity contribution in [2.45, 2.75) is 52.5 Å². The van der Waals surface area contributed by atoms with Gasteiger partial charge in [0.05, 0.1) is 11.4 Å². The second-order valence-corrected chi connectivity index (χ2v) is 10.1. The summed E-state index contributed by atoms with van der Waals surface area (Å²) in [6, 6.07) is 18.1. The minimum Gasteiger partial charge on any atom is -0.457 e. The largest absolute Gasteiger partial charge is 0.457 e. The van der Waals surface area contributed by atoms with Gasteiger partial charge in [-0.3, -0.25) is 0 Å². The lowest BCUT2D eigenvalue weighted by Crippen LogP contribution is -2.28. The molecule has 33 heavy (non-hydrogen) atoms. The van der Waals surface area contributed by atoms with E-state index >= 15 is 0 Å². The van der Waals surface area contributed by atoms with Gasteiger partial charge in [0, 0.05) is 5.56 Å². The Morgan fingerprint density at radius 1 is 0.939 bits per heavy atom. The molecule has 2 heterocycles. The second-order valence-electron chi connectivity index (χ2n) is 10.1. The number of aromatic nitrogens is 4. The summed E-state index contributed by atoms with van der Waals surface area (Å²) in [7, 11) is 0. The Balaban J connectivity index is 1.50. The van der Waals surface area contributed by atoms with Crippen molar-refractivity contribution in [3.8, 4) is 22.8 Å². The lowest BCUT2D eigenvalue weighted by Gasteiger charge is -2.37. The summed E-state index contributed by atoms with van der Waals surface area (Å²) in [6.45, 7) is 7.02. The molecule has 0 radical (unpaired) electrons. The van der Waals surface area contributed by atoms with E-state index in [1.54, 1.807) is 6.33 Å². The molecule has 0 aliphatic heterocycles. The van der Waals surface area contributed by atoms with E-state index in [2.05, 4.69) is 35.4 Å². The smallest absolute Gasteiger partial charge is 0.164 e. The zero-order valence-corrected chi connectivity index (χ0v) is 19.5. The van der Waals surface area contributed by atoms with Gasteiger partial charge < -0.3 is 10.5 Å². The van der Waals surface area contributed by atoms with Crippen molar-refractivity contribution in [1.29, 1.82) is 0 Å². The molecule has 0 bridgehead atoms. The fraction of sp³-hybridized carbons (Fsp3) is 0.370. The number of anilines is 1. The van der Waals surface area contributed by atoms with Gasteiger partial charge in [-0.05, 0) is 67.0 Å². The van der Waals surface area contributed by atoms with Gasteiger partial charge in [-0.1, -0.05) is 45.4 Å². The van der Waals surface area contributed by atoms with Gasteiger partial charge in [-0.2, -0.15) is 5.10 Å². The van der Waals surface area contributed by atoms with Gasteiger partial charge in [0.1, 0.15) is 29.3 Å². The summed E-state index contributed by atoms with van der Waals surface area (Å²) in [4.78, 5) is 8.88. The number of nitrogens with zero attached hydrogens (tertiary/aromatic N) is 4. The minimum absolute atomic E-state index is 0.285. The van der Waals surface area contributed by atoms with Crippen LogP contribution in [0.4, 0.5) is 5.82 Å². The molecule has 0 spiro atoms. The van der Waals surface area contributed by atoms with Crippen LogP contribution in [0.25, 0.3) is 22.3 Å². The molecule has 5 rings (SSSR count). The van der Waals surface area contributed by atoms with Crippen LogP contribution in [0.2, 0.25) is 0 Å². The summed E-state index contributed by atoms with van der Waals surface area (Å²) >= 11 is 0. The second kappa shape index (κ2) is 8.50. The van der Waals surface area contributed by atoms with E-state index < -0.39 is 0 Å². The van der Waals surface area contributed by atoms with E-state index in [9.17, 15) is 0 Å². The van der Waals surface area contributed by atoms with Gasteiger partial charge in [-0.25, -0.2) is 14.6 Å². The summed E-state index contributed by atoms with van der Waals surface area (Å²) in [6.07, 6.45) is 6.23. The third kappa shape index (κ3) is 4.30. The summed E-state index contributed by atoms with van der Waals surface area (Å²) in [5.74, 6) is 2.71. The van der Waals surface area contributed by atoms with Crippen LogP contribution in [-0.2, 0) is 0 Å². The first-order valence-corrected chi connectivity index (χ1v) is 11.7. The first kappa shape index (κ1) is 21.4. The Labute approximate surface area is 194 Å². The average Bonchev–Trinajstić information content (AvgIpc) is 3.21. The number of para-hydroxylation sites is 1. The predicted octanol–water partition coefficient (Wildman–Crippen LogP) is 6.65. The minimum atomic E-state index is 0.285. The molecule has 0 saturated heterocycles. The Bertz CT molecular complexity index is 1240. The highest BCUT2D eigenvalue weighted by molar-refractivity contribution is 5.98. The van der Waals surface area contributed by atoms with Gasteiger partial charge in [-0.15, -0.1) is 0 Å². The maximum absolute atomic E-state index is 6.34. The summed E-state index contributed by atoms with van der Waals surface area (Å²) < 4.78 is 8.06. The lowest BCUT2D eigenvalue weighted by atomic mass is 9.71. The zero-order chi connectivity index (χ0) is 23.0. The van der Waals surface area contributed by atoms with E-state index in [4.69, 9.17) is 15.6 Å². The van der Waals surface area contributed by atoms with Crippen molar-refractivity contribution < 1.29 is 4.74 Å². The van der Waals surface area contributed by atoms with Crippen molar-refractivity contribution in [1.82, 2.24) is 19.7 Å². The maximum Gasteiger partial charge on any atom is 0.164 e. The number of fused-ring (bicyclic) bond motifs is 1. The molecule has 1 fully saturated rings. The van der Waals surface area contributed by atoms with E-state index in [1.807, 2.05) is 54.6 Å². The first-order chi connectivity index (χ1) is 15.9. The molecular weight excluding hydrogens is 410 g/mol. The number of hydrogen-bond donors (Lipinski definition) is 1. The molecule has 1 aliphatic carbocycles. The molecule has 2 unspecified atom stereocenters. The fourth-order valence-electron chi connectivity index (χ4n) is 4.93. The van der Waals surface area contributed by atoms with E-state index in [0.717, 1.165) is 46.6 Å². The Morgan fingerprint density at radius 2 is 1.67 bits per heavy atom. The van der Waals surface area contributed by atoms with E-state index in [0.29, 0.717) is 17.8 Å². The van der Waals surface area contributed by atoms with Crippen LogP contribution < -0.4 is 10.5 Å². The topological polar surface area (TPSA) is 78.9 Å². The van der Waals surface area contributed by atoms with Crippen molar-refractivity contribution >= 4 is 16.9 Å². The quantitative estimate of drug-likeness (QED) is 0.384. The van der Waals surface area contributed by atoms with E-state index in [1.165, 1.54) is 12.8 Å². The van der Waals surface area contributed by atoms with Gasteiger partial charge >= 0.3 is 0 Å². The van der Waals surface area contributed by atoms with Crippen LogP contribution >= 0.6 is 0 Å². The molecule has 2 aromatic carbocycles. The molecule has 2 atom stereocenters. The number of nitrogens with two attached hydrogens (primary N) is 1. The maximum atomic E-state index is 6.34. The molecule has 6 nitrogen and oxygen atoms in total. The van der Waals surface area contributed by atoms with Gasteiger partial charge in [0.2, 0.25) is 0 Å². The van der Waals surface area contributed by atoms with Crippen LogP contribution in [-0.4, -0.2) is 19.7 Å². The monoisotopic (exact) mass is 441 g/mol. The highest BCUT2D eigenvalue weighted by atomic mass is 16.5. The lowest BCUT2D eigenvalue weighted by molar-refractivity contribution is 0.140. The van der Waals surface area contributed by atoms with Crippen LogP contribution in [0, 0.1) is 11.3 Å². The Hall–Kier alpha value is -3.41. The SMILES string of the molecule is CC(C)(C)C1CCCC(n2nc(-c3ccc(Oc4ccccc4)cc3)c3c(N)ncnc32)C1. The Kier molecular flexibility index (Phi) is 5.52. The van der Waals surface area contributed by atoms with E-state index in [-0.39, 0.29) is 5.41 Å². The summed E-state index contributed by atoms with van der Waals surface area (Å²) in [5, 5.41) is 5.89. The number of nitrogen functional groups attached to an aromatic ring is 1. The van der Waals surface area contributed by atoms with Crippen molar-refractivity contribution in [2.24, 2.45) is 11.3 Å². The van der Waals surface area contributed by atoms with Crippen molar-refractivity contribution in [2.75, 3.05) is 5.73 Å². The van der Waals surface area contributed by atoms with Crippen LogP contribution in [0.1, 0.15) is 52.5 Å². The molecule has 0 amide bonds. The third-order valence-electron chi connectivity index (χ3n) is 6.84. The van der Waals surface area contributed by atoms with Crippen LogP contribution in [0.3, 0.4) is 0 Å². The summed E-state index contributed by atoms with van der Waals surface area (Å²) in [5.41, 5.74) is 9.24. The molecule has 1 saturated carbocycles. The number of benzene rings is 2. The van der Waals surface area contributed by atoms with Crippen molar-refractivity contribution in [3.63, 3.8) is 0 Å². The standard InChI is InChI=1S/C27H31N5O/c1-27(2,3)19-8-7-9-20(16-19)32-26-23(25(28)29-17-30-26)24(31-32)18-12-14-22(15-13-18)33-21-10-5-4-6-11-21/h4-6,10-15,17,19-20H,7-9,16H2,1-3H3,(H2,28,29,30). The molecule has 170 valence electrons. The molecule has 2 N–H and O–H groups in total. The fourth-order valence-corrected chi connectivity index (χ4v) is 4.93. The number of ether oxygens (including phenoxy) is 1. The first-order valence-electron chi connectivity index (χ1n) is 11.7. The normalized spacial score (nSPS) is 19.0. The van der Waals surface area contributed by atoms with Crippen LogP contribution in [0.5, 0.6) is 11.5 Å². The molecule has 2 aromatic heterocycles. The zero-order valence-electron chi connectivity index (χ0n) is 19.5. The predicted molar refractivity (Wildman–Crippen MR) is 132 cm³/mol. The van der Waals surface area contributed by atoms with Gasteiger partial charge in [0.15, 0.2) is 5.65 Å². The van der Waals surface area contributed by atoms with Crippen LogP contribution in [0.15, 0.2) is 60.9 Å². The molecular formula is C27H31N5O.